The molecule has 0 aliphatic rings. The number of anilines is 1. The van der Waals surface area contributed by atoms with E-state index >= 15 is 0 Å². The van der Waals surface area contributed by atoms with Gasteiger partial charge in [0.15, 0.2) is 0 Å². The number of nitrogens with one attached hydrogen (secondary N) is 1. The van der Waals surface area contributed by atoms with Gasteiger partial charge >= 0.3 is 5.97 Å². The van der Waals surface area contributed by atoms with Gasteiger partial charge in [0.05, 0.1) is 17.7 Å². The minimum absolute atomic E-state index is 0.189. The fourth-order valence-corrected chi connectivity index (χ4v) is 4.46. The van der Waals surface area contributed by atoms with Crippen molar-refractivity contribution in [1.29, 1.82) is 5.26 Å². The van der Waals surface area contributed by atoms with Crippen molar-refractivity contribution in [2.24, 2.45) is 0 Å². The molecular weight excluding hydrogens is 472 g/mol. The number of ether oxygens (including phenoxy) is 1. The Morgan fingerprint density at radius 3 is 2.53 bits per heavy atom. The number of methoxy groups -OCH3 is 1. The second-order valence-corrected chi connectivity index (χ2v) is 8.48. The topological polar surface area (TPSA) is 92.3 Å². The van der Waals surface area contributed by atoms with E-state index < -0.39 is 11.9 Å². The highest BCUT2D eigenvalue weighted by Crippen LogP contribution is 2.36. The lowest BCUT2D eigenvalue weighted by atomic mass is 10.1. The van der Waals surface area contributed by atoms with Crippen LogP contribution < -0.4 is 5.32 Å². The summed E-state index contributed by atoms with van der Waals surface area (Å²) in [6, 6.07) is 23.5. The number of hydrogen-bond acceptors (Lipinski definition) is 6. The maximum Gasteiger partial charge on any atom is 0.340 e. The molecule has 0 aliphatic carbocycles. The van der Waals surface area contributed by atoms with Gasteiger partial charge < -0.3 is 14.5 Å². The van der Waals surface area contributed by atoms with Crippen LogP contribution in [0.5, 0.6) is 0 Å². The number of hydrogen-bond donors (Lipinski definition) is 1. The maximum atomic E-state index is 12.9. The van der Waals surface area contributed by atoms with E-state index in [4.69, 9.17) is 20.8 Å². The first-order chi connectivity index (χ1) is 16.5. The summed E-state index contributed by atoms with van der Waals surface area (Å²) in [5, 5.41) is 13.0. The van der Waals surface area contributed by atoms with Crippen LogP contribution in [0.1, 0.15) is 16.1 Å². The summed E-state index contributed by atoms with van der Waals surface area (Å²) in [7, 11) is 1.27. The summed E-state index contributed by atoms with van der Waals surface area (Å²) in [5.41, 5.74) is 1.60. The number of carbonyl (C=O) groups excluding carboxylic acids is 2. The average molecular weight is 489 g/mol. The van der Waals surface area contributed by atoms with Gasteiger partial charge in [-0.05, 0) is 35.9 Å². The van der Waals surface area contributed by atoms with Gasteiger partial charge in [-0.3, -0.25) is 4.79 Å². The van der Waals surface area contributed by atoms with Gasteiger partial charge in [-0.2, -0.15) is 5.26 Å². The maximum absolute atomic E-state index is 12.9. The molecule has 1 amide bonds. The Morgan fingerprint density at radius 1 is 1.09 bits per heavy atom. The highest BCUT2D eigenvalue weighted by Gasteiger charge is 2.21. The lowest BCUT2D eigenvalue weighted by Crippen LogP contribution is -2.15. The molecule has 0 saturated carbocycles. The molecule has 0 unspecified atom stereocenters. The predicted molar refractivity (Wildman–Crippen MR) is 132 cm³/mol. The van der Waals surface area contributed by atoms with E-state index in [2.05, 4.69) is 5.32 Å². The van der Waals surface area contributed by atoms with Crippen LogP contribution in [0, 0.1) is 11.3 Å². The summed E-state index contributed by atoms with van der Waals surface area (Å²) >= 11 is 7.43. The Bertz CT molecular complexity index is 1430. The van der Waals surface area contributed by atoms with Crippen molar-refractivity contribution >= 4 is 45.9 Å². The van der Waals surface area contributed by atoms with E-state index in [1.165, 1.54) is 24.5 Å². The molecule has 0 bridgehead atoms. The van der Waals surface area contributed by atoms with Crippen LogP contribution in [0.3, 0.4) is 0 Å². The number of benzene rings is 2. The average Bonchev–Trinajstić information content (AvgIpc) is 3.50. The number of amides is 1. The van der Waals surface area contributed by atoms with Crippen LogP contribution in [-0.2, 0) is 9.53 Å². The fraction of sp³-hybridized carbons (Fsp3) is 0.0385. The largest absolute Gasteiger partial charge is 0.465 e. The van der Waals surface area contributed by atoms with E-state index in [0.717, 1.165) is 10.4 Å². The van der Waals surface area contributed by atoms with E-state index in [9.17, 15) is 14.9 Å². The molecule has 0 spiro atoms. The number of esters is 1. The molecule has 0 atom stereocenters. The molecule has 0 aliphatic heterocycles. The number of furan rings is 1. The number of nitrogens with zero attached hydrogens (tertiary/aromatic N) is 1. The normalized spacial score (nSPS) is 11.0. The number of thiophene rings is 1. The molecule has 0 fully saturated rings. The minimum Gasteiger partial charge on any atom is -0.465 e. The molecule has 0 saturated heterocycles. The van der Waals surface area contributed by atoms with Crippen LogP contribution in [0.25, 0.3) is 27.8 Å². The molecule has 6 nitrogen and oxygen atoms in total. The van der Waals surface area contributed by atoms with Gasteiger partial charge in [-0.15, -0.1) is 11.3 Å². The zero-order chi connectivity index (χ0) is 24.1. The van der Waals surface area contributed by atoms with Crippen molar-refractivity contribution in [1.82, 2.24) is 0 Å². The Kier molecular flexibility index (Phi) is 6.93. The van der Waals surface area contributed by atoms with Gasteiger partial charge in [-0.25, -0.2) is 4.79 Å². The second-order valence-electron chi connectivity index (χ2n) is 7.02. The van der Waals surface area contributed by atoms with Crippen LogP contribution >= 0.6 is 22.9 Å². The Morgan fingerprint density at radius 2 is 1.82 bits per heavy atom. The molecule has 2 aromatic heterocycles. The van der Waals surface area contributed by atoms with Crippen LogP contribution in [-0.4, -0.2) is 19.0 Å². The monoisotopic (exact) mass is 488 g/mol. The summed E-state index contributed by atoms with van der Waals surface area (Å²) in [5.74, 6) is -0.448. The van der Waals surface area contributed by atoms with Crippen molar-refractivity contribution in [3.63, 3.8) is 0 Å². The first kappa shape index (κ1) is 23.1. The Balaban J connectivity index is 1.61. The van der Waals surface area contributed by atoms with Crippen LogP contribution in [0.15, 0.2) is 82.8 Å². The van der Waals surface area contributed by atoms with Gasteiger partial charge in [0, 0.05) is 16.5 Å². The summed E-state index contributed by atoms with van der Waals surface area (Å²) in [4.78, 5) is 25.9. The van der Waals surface area contributed by atoms with Gasteiger partial charge in [0.1, 0.15) is 28.2 Å². The summed E-state index contributed by atoms with van der Waals surface area (Å²) in [6.07, 6.45) is 1.33. The van der Waals surface area contributed by atoms with Crippen LogP contribution in [0.4, 0.5) is 5.00 Å². The van der Waals surface area contributed by atoms with Crippen molar-refractivity contribution < 1.29 is 18.7 Å². The zero-order valence-corrected chi connectivity index (χ0v) is 19.4. The molecule has 1 N–H and O–H groups in total. The summed E-state index contributed by atoms with van der Waals surface area (Å²) < 4.78 is 10.6. The van der Waals surface area contributed by atoms with Gasteiger partial charge in [0.2, 0.25) is 0 Å². The third-order valence-corrected chi connectivity index (χ3v) is 6.27. The Labute approximate surface area is 204 Å². The van der Waals surface area contributed by atoms with Crippen molar-refractivity contribution in [3.8, 4) is 27.8 Å². The molecule has 0 radical (unpaired) electrons. The SMILES string of the molecule is COC(=O)c1cc(-c2ccccc2)sc1NC(=O)C(C#N)=Cc1ccc(-c2ccccc2Cl)o1. The number of carbonyl (C=O) groups is 2. The molecule has 4 rings (SSSR count). The molecule has 168 valence electrons. The smallest absolute Gasteiger partial charge is 0.340 e. The first-order valence-electron chi connectivity index (χ1n) is 10.1. The van der Waals surface area contributed by atoms with Crippen molar-refractivity contribution in [2.75, 3.05) is 12.4 Å². The molecule has 4 aromatic rings. The molecule has 34 heavy (non-hydrogen) atoms. The van der Waals surface area contributed by atoms with E-state index in [-0.39, 0.29) is 16.1 Å². The Hall–Kier alpha value is -4.12. The van der Waals surface area contributed by atoms with Crippen LogP contribution in [0.2, 0.25) is 5.02 Å². The molecule has 2 heterocycles. The lowest BCUT2D eigenvalue weighted by Gasteiger charge is -2.04. The van der Waals surface area contributed by atoms with Crippen molar-refractivity contribution in [2.45, 2.75) is 0 Å². The van der Waals surface area contributed by atoms with Crippen molar-refractivity contribution in [3.05, 3.63) is 94.7 Å². The van der Waals surface area contributed by atoms with Gasteiger partial charge in [0.25, 0.3) is 5.91 Å². The first-order valence-corrected chi connectivity index (χ1v) is 11.2. The molecular formula is C26H17ClN2O4S. The third kappa shape index (κ3) is 4.94. The van der Waals surface area contributed by atoms with Gasteiger partial charge in [-0.1, -0.05) is 54.1 Å². The highest BCUT2D eigenvalue weighted by atomic mass is 35.5. The molecule has 2 aromatic carbocycles. The quantitative estimate of drug-likeness (QED) is 0.186. The zero-order valence-electron chi connectivity index (χ0n) is 17.9. The highest BCUT2D eigenvalue weighted by molar-refractivity contribution is 7.20. The fourth-order valence-electron chi connectivity index (χ4n) is 3.19. The third-order valence-electron chi connectivity index (χ3n) is 4.84. The second kappa shape index (κ2) is 10.2. The van der Waals surface area contributed by atoms with E-state index in [1.807, 2.05) is 54.6 Å². The standard InChI is InChI=1S/C26H17ClN2O4S/c1-32-26(31)20-14-23(16-7-3-2-4-8-16)34-25(20)29-24(30)17(15-28)13-18-11-12-22(33-18)19-9-5-6-10-21(19)27/h2-14H,1H3,(H,29,30). The van der Waals surface area contributed by atoms with E-state index in [1.54, 1.807) is 24.3 Å². The minimum atomic E-state index is -0.676. The lowest BCUT2D eigenvalue weighted by molar-refractivity contribution is -0.112. The molecule has 8 heteroatoms. The number of rotatable bonds is 6. The number of halogens is 1. The predicted octanol–water partition coefficient (Wildman–Crippen LogP) is 6.66. The number of nitriles is 1. The summed E-state index contributed by atoms with van der Waals surface area (Å²) in [6.45, 7) is 0. The van der Waals surface area contributed by atoms with E-state index in [0.29, 0.717) is 22.1 Å².